The molecule has 0 saturated heterocycles. The van der Waals surface area contributed by atoms with E-state index in [1.807, 2.05) is 55.5 Å². The van der Waals surface area contributed by atoms with Crippen molar-refractivity contribution >= 4 is 11.7 Å². The zero-order valence-corrected chi connectivity index (χ0v) is 19.9. The number of methoxy groups -OCH3 is 1. The van der Waals surface area contributed by atoms with E-state index in [9.17, 15) is 4.79 Å². The Labute approximate surface area is 203 Å². The number of aromatic nitrogens is 5. The molecule has 0 bridgehead atoms. The molecule has 9 heteroatoms. The van der Waals surface area contributed by atoms with Crippen molar-refractivity contribution in [2.24, 2.45) is 0 Å². The monoisotopic (exact) mass is 470 g/mol. The van der Waals surface area contributed by atoms with E-state index < -0.39 is 0 Å². The second kappa shape index (κ2) is 9.54. The highest BCUT2D eigenvalue weighted by atomic mass is 16.5. The van der Waals surface area contributed by atoms with E-state index in [2.05, 4.69) is 27.4 Å². The molecule has 2 aromatic carbocycles. The summed E-state index contributed by atoms with van der Waals surface area (Å²) >= 11 is 0. The molecule has 4 aromatic rings. The maximum atomic E-state index is 12.8. The number of para-hydroxylation sites is 1. The van der Waals surface area contributed by atoms with Gasteiger partial charge in [-0.3, -0.25) is 4.79 Å². The zero-order chi connectivity index (χ0) is 24.4. The van der Waals surface area contributed by atoms with Crippen molar-refractivity contribution < 1.29 is 14.3 Å². The van der Waals surface area contributed by atoms with Crippen LogP contribution in [0.2, 0.25) is 0 Å². The first-order chi connectivity index (χ1) is 17.1. The van der Waals surface area contributed by atoms with Crippen LogP contribution >= 0.6 is 0 Å². The van der Waals surface area contributed by atoms with Crippen molar-refractivity contribution in [1.82, 2.24) is 25.0 Å². The molecule has 1 N–H and O–H groups in total. The van der Waals surface area contributed by atoms with E-state index in [0.29, 0.717) is 24.5 Å². The minimum atomic E-state index is -0.196. The molecule has 3 heterocycles. The molecule has 0 fully saturated rings. The maximum absolute atomic E-state index is 12.8. The SMILES string of the molecule is CCCOc1ccccc1[C@H]1CC(=O)Nc2c1c(C)nn2-c1nncc(-c2ccc(OC)cc2)n1. The van der Waals surface area contributed by atoms with Gasteiger partial charge in [-0.25, -0.2) is 4.98 Å². The van der Waals surface area contributed by atoms with Crippen LogP contribution in [-0.2, 0) is 4.79 Å². The number of carbonyl (C=O) groups excluding carboxylic acids is 1. The van der Waals surface area contributed by atoms with E-state index >= 15 is 0 Å². The molecule has 1 amide bonds. The average Bonchev–Trinajstić information content (AvgIpc) is 3.23. The maximum Gasteiger partial charge on any atom is 0.272 e. The Kier molecular flexibility index (Phi) is 6.13. The molecule has 2 aromatic heterocycles. The summed E-state index contributed by atoms with van der Waals surface area (Å²) in [5, 5.41) is 16.0. The van der Waals surface area contributed by atoms with Crippen LogP contribution in [0.15, 0.2) is 54.7 Å². The number of amides is 1. The van der Waals surface area contributed by atoms with Gasteiger partial charge < -0.3 is 14.8 Å². The molecule has 1 aliphatic heterocycles. The lowest BCUT2D eigenvalue weighted by Gasteiger charge is -2.25. The van der Waals surface area contributed by atoms with Gasteiger partial charge in [-0.15, -0.1) is 5.10 Å². The number of nitrogens with zero attached hydrogens (tertiary/aromatic N) is 5. The zero-order valence-electron chi connectivity index (χ0n) is 19.9. The Morgan fingerprint density at radius 2 is 1.94 bits per heavy atom. The van der Waals surface area contributed by atoms with Crippen molar-refractivity contribution in [2.45, 2.75) is 32.6 Å². The van der Waals surface area contributed by atoms with Crippen molar-refractivity contribution in [3.63, 3.8) is 0 Å². The molecule has 0 radical (unpaired) electrons. The van der Waals surface area contributed by atoms with E-state index in [4.69, 9.17) is 14.6 Å². The van der Waals surface area contributed by atoms with Gasteiger partial charge in [0.2, 0.25) is 5.91 Å². The molecule has 5 rings (SSSR count). The largest absolute Gasteiger partial charge is 0.497 e. The molecule has 0 spiro atoms. The van der Waals surface area contributed by atoms with Gasteiger partial charge in [0, 0.05) is 29.0 Å². The molecule has 1 aliphatic rings. The van der Waals surface area contributed by atoms with Gasteiger partial charge in [0.25, 0.3) is 5.95 Å². The molecule has 0 saturated carbocycles. The van der Waals surface area contributed by atoms with E-state index in [1.54, 1.807) is 18.0 Å². The number of anilines is 1. The molecule has 178 valence electrons. The lowest BCUT2D eigenvalue weighted by atomic mass is 9.85. The Hall–Kier alpha value is -4.27. The Balaban J connectivity index is 1.57. The van der Waals surface area contributed by atoms with Crippen LogP contribution in [0.25, 0.3) is 17.2 Å². The van der Waals surface area contributed by atoms with Crippen molar-refractivity contribution in [3.05, 3.63) is 71.5 Å². The van der Waals surface area contributed by atoms with Crippen LogP contribution in [0.4, 0.5) is 5.82 Å². The smallest absolute Gasteiger partial charge is 0.272 e. The van der Waals surface area contributed by atoms with Gasteiger partial charge in [0.05, 0.1) is 31.3 Å². The summed E-state index contributed by atoms with van der Waals surface area (Å²) in [4.78, 5) is 17.5. The van der Waals surface area contributed by atoms with E-state index in [1.165, 1.54) is 0 Å². The highest BCUT2D eigenvalue weighted by molar-refractivity contribution is 5.95. The number of ether oxygens (including phenoxy) is 2. The average molecular weight is 471 g/mol. The van der Waals surface area contributed by atoms with Crippen LogP contribution in [-0.4, -0.2) is 44.6 Å². The second-order valence-corrected chi connectivity index (χ2v) is 8.32. The second-order valence-electron chi connectivity index (χ2n) is 8.32. The van der Waals surface area contributed by atoms with Gasteiger partial charge in [0.15, 0.2) is 0 Å². The number of hydrogen-bond donors (Lipinski definition) is 1. The number of carbonyl (C=O) groups is 1. The molecule has 0 aliphatic carbocycles. The summed E-state index contributed by atoms with van der Waals surface area (Å²) in [5.41, 5.74) is 4.18. The van der Waals surface area contributed by atoms with Gasteiger partial charge in [-0.05, 0) is 43.7 Å². The minimum Gasteiger partial charge on any atom is -0.497 e. The highest BCUT2D eigenvalue weighted by Gasteiger charge is 2.34. The fourth-order valence-electron chi connectivity index (χ4n) is 4.35. The first-order valence-electron chi connectivity index (χ1n) is 11.5. The third-order valence-electron chi connectivity index (χ3n) is 5.98. The number of nitrogens with one attached hydrogen (secondary N) is 1. The van der Waals surface area contributed by atoms with Crippen molar-refractivity contribution in [1.29, 1.82) is 0 Å². The van der Waals surface area contributed by atoms with Crippen LogP contribution in [0.3, 0.4) is 0 Å². The summed E-state index contributed by atoms with van der Waals surface area (Å²) in [6, 6.07) is 15.4. The minimum absolute atomic E-state index is 0.104. The standard InChI is InChI=1S/C26H26N6O3/c1-4-13-35-22-8-6-5-7-19(22)20-14-23(33)29-25-24(20)16(2)31-32(25)26-28-21(15-27-30-26)17-9-11-18(34-3)12-10-17/h5-12,15,20H,4,13-14H2,1-3H3,(H,29,33)/t20-/m1/s1. The molecule has 35 heavy (non-hydrogen) atoms. The van der Waals surface area contributed by atoms with Crippen molar-refractivity contribution in [2.75, 3.05) is 19.0 Å². The predicted molar refractivity (Wildman–Crippen MR) is 131 cm³/mol. The van der Waals surface area contributed by atoms with Gasteiger partial charge >= 0.3 is 0 Å². The fraction of sp³-hybridized carbons (Fsp3) is 0.269. The van der Waals surface area contributed by atoms with E-state index in [-0.39, 0.29) is 17.8 Å². The van der Waals surface area contributed by atoms with Gasteiger partial charge in [-0.2, -0.15) is 14.9 Å². The third-order valence-corrected chi connectivity index (χ3v) is 5.98. The summed E-state index contributed by atoms with van der Waals surface area (Å²) in [5.74, 6) is 2.07. The summed E-state index contributed by atoms with van der Waals surface area (Å²) in [7, 11) is 1.62. The first kappa shape index (κ1) is 22.5. The summed E-state index contributed by atoms with van der Waals surface area (Å²) in [6.45, 7) is 4.60. The van der Waals surface area contributed by atoms with Crippen LogP contribution in [0.5, 0.6) is 11.5 Å². The summed E-state index contributed by atoms with van der Waals surface area (Å²) < 4.78 is 12.8. The lowest BCUT2D eigenvalue weighted by Crippen LogP contribution is -2.25. The van der Waals surface area contributed by atoms with Crippen LogP contribution < -0.4 is 14.8 Å². The molecule has 1 atom stereocenters. The quantitative estimate of drug-likeness (QED) is 0.429. The number of rotatable bonds is 7. The molecule has 0 unspecified atom stereocenters. The fourth-order valence-corrected chi connectivity index (χ4v) is 4.35. The van der Waals surface area contributed by atoms with Crippen LogP contribution in [0, 0.1) is 6.92 Å². The van der Waals surface area contributed by atoms with Crippen LogP contribution in [0.1, 0.15) is 42.5 Å². The molecular weight excluding hydrogens is 444 g/mol. The predicted octanol–water partition coefficient (Wildman–Crippen LogP) is 4.30. The number of aryl methyl sites for hydroxylation is 1. The number of hydrogen-bond acceptors (Lipinski definition) is 7. The molecule has 9 nitrogen and oxygen atoms in total. The summed E-state index contributed by atoms with van der Waals surface area (Å²) in [6.07, 6.45) is 2.80. The van der Waals surface area contributed by atoms with Crippen molar-refractivity contribution in [3.8, 4) is 28.7 Å². The number of benzene rings is 2. The Morgan fingerprint density at radius 1 is 1.14 bits per heavy atom. The van der Waals surface area contributed by atoms with Gasteiger partial charge in [-0.1, -0.05) is 25.1 Å². The van der Waals surface area contributed by atoms with E-state index in [0.717, 1.165) is 40.3 Å². The topological polar surface area (TPSA) is 104 Å². The first-order valence-corrected chi connectivity index (χ1v) is 11.5. The molecular formula is C26H26N6O3. The number of fused-ring (bicyclic) bond motifs is 1. The van der Waals surface area contributed by atoms with Gasteiger partial charge in [0.1, 0.15) is 17.3 Å². The Morgan fingerprint density at radius 3 is 2.71 bits per heavy atom. The Bertz CT molecular complexity index is 1370. The highest BCUT2D eigenvalue weighted by Crippen LogP contribution is 2.42. The normalized spacial score (nSPS) is 14.8. The third kappa shape index (κ3) is 4.32. The lowest BCUT2D eigenvalue weighted by molar-refractivity contribution is -0.116.